The van der Waals surface area contributed by atoms with E-state index in [0.29, 0.717) is 6.04 Å². The summed E-state index contributed by atoms with van der Waals surface area (Å²) in [7, 11) is 1.63. The summed E-state index contributed by atoms with van der Waals surface area (Å²) in [5.74, 6) is -0.0411. The van der Waals surface area contributed by atoms with Gasteiger partial charge in [0, 0.05) is 19.3 Å². The number of unbranched alkanes of at least 4 members (excludes halogenated alkanes) is 2. The number of nitrogens with zero attached hydrogens (tertiary/aromatic N) is 2. The molecule has 0 aliphatic carbocycles. The van der Waals surface area contributed by atoms with Crippen molar-refractivity contribution in [1.29, 1.82) is 0 Å². The van der Waals surface area contributed by atoms with Gasteiger partial charge < -0.3 is 10.6 Å². The van der Waals surface area contributed by atoms with E-state index in [1.807, 2.05) is 6.20 Å². The number of hydrogen-bond acceptors (Lipinski definition) is 3. The van der Waals surface area contributed by atoms with Gasteiger partial charge in [0.05, 0.1) is 11.9 Å². The summed E-state index contributed by atoms with van der Waals surface area (Å²) in [6.07, 6.45) is 8.56. The van der Waals surface area contributed by atoms with Gasteiger partial charge >= 0.3 is 0 Å². The third kappa shape index (κ3) is 5.21. The molecule has 0 aromatic carbocycles. The first-order valence-corrected chi connectivity index (χ1v) is 6.65. The summed E-state index contributed by atoms with van der Waals surface area (Å²) in [6, 6.07) is 0.439. The minimum Gasteiger partial charge on any atom is -0.380 e. The number of carbonyl (C=O) groups is 1. The van der Waals surface area contributed by atoms with E-state index < -0.39 is 0 Å². The zero-order valence-corrected chi connectivity index (χ0v) is 11.6. The van der Waals surface area contributed by atoms with Crippen LogP contribution in [-0.2, 0) is 11.3 Å². The van der Waals surface area contributed by atoms with Crippen LogP contribution < -0.4 is 10.6 Å². The Morgan fingerprint density at radius 3 is 2.94 bits per heavy atom. The molecule has 0 fully saturated rings. The maximum absolute atomic E-state index is 11.2. The zero-order valence-electron chi connectivity index (χ0n) is 11.6. The third-order valence-corrected chi connectivity index (χ3v) is 2.87. The van der Waals surface area contributed by atoms with Gasteiger partial charge in [0.2, 0.25) is 5.91 Å². The molecule has 0 bridgehead atoms. The van der Waals surface area contributed by atoms with Crippen LogP contribution >= 0.6 is 0 Å². The molecule has 1 aromatic rings. The lowest BCUT2D eigenvalue weighted by Crippen LogP contribution is -2.23. The summed E-state index contributed by atoms with van der Waals surface area (Å²) < 4.78 is 1.64. The van der Waals surface area contributed by atoms with Crippen molar-refractivity contribution in [2.45, 2.75) is 52.1 Å². The lowest BCUT2D eigenvalue weighted by molar-refractivity contribution is -0.121. The highest BCUT2D eigenvalue weighted by Crippen LogP contribution is 2.11. The molecule has 5 heteroatoms. The largest absolute Gasteiger partial charge is 0.380 e. The number of likely N-dealkylation sites (N-methyl/N-ethyl adjacent to an activating group) is 1. The second kappa shape index (κ2) is 7.74. The Morgan fingerprint density at radius 2 is 2.28 bits per heavy atom. The molecule has 0 aliphatic heterocycles. The predicted octanol–water partition coefficient (Wildman–Crippen LogP) is 2.01. The highest BCUT2D eigenvalue weighted by atomic mass is 16.1. The fourth-order valence-electron chi connectivity index (χ4n) is 1.81. The lowest BCUT2D eigenvalue weighted by Gasteiger charge is -2.12. The molecule has 5 nitrogen and oxygen atoms in total. The van der Waals surface area contributed by atoms with Crippen LogP contribution in [0.25, 0.3) is 0 Å². The average Bonchev–Trinajstić information content (AvgIpc) is 2.76. The second-order valence-electron chi connectivity index (χ2n) is 4.64. The number of anilines is 1. The summed E-state index contributed by atoms with van der Waals surface area (Å²) in [5.41, 5.74) is 0.975. The molecule has 2 N–H and O–H groups in total. The van der Waals surface area contributed by atoms with E-state index in [1.54, 1.807) is 17.9 Å². The highest BCUT2D eigenvalue weighted by Gasteiger charge is 2.05. The summed E-state index contributed by atoms with van der Waals surface area (Å²) in [4.78, 5) is 11.2. The summed E-state index contributed by atoms with van der Waals surface area (Å²) in [6.45, 7) is 4.65. The normalized spacial score (nSPS) is 12.2. The van der Waals surface area contributed by atoms with E-state index in [-0.39, 0.29) is 12.5 Å². The van der Waals surface area contributed by atoms with Gasteiger partial charge in [-0.15, -0.1) is 0 Å². The molecule has 1 atom stereocenters. The number of aromatic nitrogens is 2. The zero-order chi connectivity index (χ0) is 13.4. The highest BCUT2D eigenvalue weighted by molar-refractivity contribution is 5.75. The van der Waals surface area contributed by atoms with E-state index in [9.17, 15) is 4.79 Å². The van der Waals surface area contributed by atoms with E-state index in [4.69, 9.17) is 0 Å². The van der Waals surface area contributed by atoms with Crippen LogP contribution in [0.1, 0.15) is 39.5 Å². The maximum Gasteiger partial charge on any atom is 0.241 e. The van der Waals surface area contributed by atoms with Gasteiger partial charge in [0.1, 0.15) is 6.54 Å². The topological polar surface area (TPSA) is 59.0 Å². The Kier molecular flexibility index (Phi) is 6.25. The molecule has 0 saturated heterocycles. The van der Waals surface area contributed by atoms with Crippen molar-refractivity contribution in [3.8, 4) is 0 Å². The number of hydrogen-bond donors (Lipinski definition) is 2. The van der Waals surface area contributed by atoms with Crippen molar-refractivity contribution >= 4 is 11.6 Å². The maximum atomic E-state index is 11.2. The van der Waals surface area contributed by atoms with Crippen LogP contribution in [0.5, 0.6) is 0 Å². The van der Waals surface area contributed by atoms with E-state index in [1.165, 1.54) is 19.3 Å². The van der Waals surface area contributed by atoms with Crippen LogP contribution in [0, 0.1) is 0 Å². The standard InChI is InChI=1S/C13H24N4O/c1-4-5-6-7-11(2)16-12-8-15-17(9-12)10-13(18)14-3/h8-9,11,16H,4-7,10H2,1-3H3,(H,14,18). The Labute approximate surface area is 109 Å². The summed E-state index contributed by atoms with van der Waals surface area (Å²) >= 11 is 0. The Bertz CT molecular complexity index is 362. The smallest absolute Gasteiger partial charge is 0.241 e. The van der Waals surface area contributed by atoms with Crippen molar-refractivity contribution in [2.75, 3.05) is 12.4 Å². The fourth-order valence-corrected chi connectivity index (χ4v) is 1.81. The van der Waals surface area contributed by atoms with Crippen molar-refractivity contribution in [3.05, 3.63) is 12.4 Å². The van der Waals surface area contributed by atoms with Crippen molar-refractivity contribution < 1.29 is 4.79 Å². The molecule has 1 rings (SSSR count). The first kappa shape index (κ1) is 14.5. The van der Waals surface area contributed by atoms with Gasteiger partial charge in [0.25, 0.3) is 0 Å². The minimum absolute atomic E-state index is 0.0411. The molecule has 1 heterocycles. The van der Waals surface area contributed by atoms with Gasteiger partial charge in [-0.05, 0) is 13.3 Å². The predicted molar refractivity (Wildman–Crippen MR) is 73.5 cm³/mol. The molecule has 0 radical (unpaired) electrons. The molecule has 0 aliphatic rings. The SMILES string of the molecule is CCCCCC(C)Nc1cnn(CC(=O)NC)c1. The number of amides is 1. The van der Waals surface area contributed by atoms with E-state index in [2.05, 4.69) is 29.6 Å². The molecule has 1 unspecified atom stereocenters. The third-order valence-electron chi connectivity index (χ3n) is 2.87. The number of carbonyl (C=O) groups excluding carboxylic acids is 1. The van der Waals surface area contributed by atoms with Crippen molar-refractivity contribution in [2.24, 2.45) is 0 Å². The van der Waals surface area contributed by atoms with Crippen LogP contribution in [-0.4, -0.2) is 28.8 Å². The molecule has 0 spiro atoms. The molecule has 1 amide bonds. The van der Waals surface area contributed by atoms with Crippen LogP contribution in [0.3, 0.4) is 0 Å². The Hall–Kier alpha value is -1.52. The van der Waals surface area contributed by atoms with Crippen LogP contribution in [0.15, 0.2) is 12.4 Å². The fraction of sp³-hybridized carbons (Fsp3) is 0.692. The number of nitrogens with one attached hydrogen (secondary N) is 2. The monoisotopic (exact) mass is 252 g/mol. The van der Waals surface area contributed by atoms with Gasteiger partial charge in [-0.1, -0.05) is 26.2 Å². The molecule has 102 valence electrons. The molecular formula is C13H24N4O. The summed E-state index contributed by atoms with van der Waals surface area (Å²) in [5, 5.41) is 10.1. The Morgan fingerprint density at radius 1 is 1.50 bits per heavy atom. The first-order chi connectivity index (χ1) is 8.65. The number of rotatable bonds is 8. The van der Waals surface area contributed by atoms with Gasteiger partial charge in [-0.2, -0.15) is 5.10 Å². The van der Waals surface area contributed by atoms with Crippen LogP contribution in [0.4, 0.5) is 5.69 Å². The Balaban J connectivity index is 2.36. The molecule has 0 saturated carbocycles. The molecule has 18 heavy (non-hydrogen) atoms. The van der Waals surface area contributed by atoms with Gasteiger partial charge in [-0.25, -0.2) is 0 Å². The van der Waals surface area contributed by atoms with E-state index in [0.717, 1.165) is 12.1 Å². The van der Waals surface area contributed by atoms with Gasteiger partial charge in [-0.3, -0.25) is 9.48 Å². The molecule has 1 aromatic heterocycles. The van der Waals surface area contributed by atoms with E-state index >= 15 is 0 Å². The quantitative estimate of drug-likeness (QED) is 0.696. The molecular weight excluding hydrogens is 228 g/mol. The average molecular weight is 252 g/mol. The van der Waals surface area contributed by atoms with Crippen LogP contribution in [0.2, 0.25) is 0 Å². The van der Waals surface area contributed by atoms with Gasteiger partial charge in [0.15, 0.2) is 0 Å². The second-order valence-corrected chi connectivity index (χ2v) is 4.64. The minimum atomic E-state index is -0.0411. The van der Waals surface area contributed by atoms with Crippen molar-refractivity contribution in [1.82, 2.24) is 15.1 Å². The lowest BCUT2D eigenvalue weighted by atomic mass is 10.1. The first-order valence-electron chi connectivity index (χ1n) is 6.65. The van der Waals surface area contributed by atoms with Crippen molar-refractivity contribution in [3.63, 3.8) is 0 Å².